The molecule has 0 spiro atoms. The van der Waals surface area contributed by atoms with E-state index in [-0.39, 0.29) is 35.7 Å². The van der Waals surface area contributed by atoms with Crippen LogP contribution in [0.1, 0.15) is 33.9 Å². The van der Waals surface area contributed by atoms with Gasteiger partial charge in [-0.3, -0.25) is 23.7 Å². The zero-order chi connectivity index (χ0) is 25.1. The van der Waals surface area contributed by atoms with Crippen molar-refractivity contribution in [3.05, 3.63) is 85.9 Å². The SMILES string of the molecule is CC(C)C(=O)N1C[C@H](NC(=O)c2ccc(-n3ccccc3=O)cc2)[C@H](NC(=O)c2ccc(Cl)s2)C1. The molecule has 35 heavy (non-hydrogen) atoms. The van der Waals surface area contributed by atoms with Crippen LogP contribution in [0.25, 0.3) is 5.69 Å². The molecule has 3 amide bonds. The predicted molar refractivity (Wildman–Crippen MR) is 135 cm³/mol. The fourth-order valence-corrected chi connectivity index (χ4v) is 4.93. The molecule has 0 saturated carbocycles. The zero-order valence-corrected chi connectivity index (χ0v) is 20.8. The van der Waals surface area contributed by atoms with E-state index in [2.05, 4.69) is 10.6 Å². The number of nitrogens with one attached hydrogen (secondary N) is 2. The van der Waals surface area contributed by atoms with Crippen molar-refractivity contribution in [1.29, 1.82) is 0 Å². The van der Waals surface area contributed by atoms with Gasteiger partial charge in [-0.15, -0.1) is 11.3 Å². The van der Waals surface area contributed by atoms with Crippen molar-refractivity contribution >= 4 is 40.7 Å². The van der Waals surface area contributed by atoms with E-state index in [0.717, 1.165) is 11.3 Å². The monoisotopic (exact) mass is 512 g/mol. The molecule has 1 fully saturated rings. The van der Waals surface area contributed by atoms with Crippen molar-refractivity contribution in [3.63, 3.8) is 0 Å². The maximum absolute atomic E-state index is 13.0. The minimum absolute atomic E-state index is 0.0437. The average molecular weight is 513 g/mol. The van der Waals surface area contributed by atoms with Crippen LogP contribution in [0.15, 0.2) is 65.6 Å². The summed E-state index contributed by atoms with van der Waals surface area (Å²) in [5.41, 5.74) is 0.874. The first-order valence-electron chi connectivity index (χ1n) is 11.2. The smallest absolute Gasteiger partial charge is 0.261 e. The van der Waals surface area contributed by atoms with Crippen LogP contribution in [0.4, 0.5) is 0 Å². The highest BCUT2D eigenvalue weighted by molar-refractivity contribution is 7.18. The van der Waals surface area contributed by atoms with Crippen LogP contribution in [0.2, 0.25) is 4.34 Å². The zero-order valence-electron chi connectivity index (χ0n) is 19.2. The summed E-state index contributed by atoms with van der Waals surface area (Å²) >= 11 is 7.12. The number of hydrogen-bond donors (Lipinski definition) is 2. The number of carbonyl (C=O) groups is 3. The molecule has 0 aliphatic carbocycles. The first kappa shape index (κ1) is 24.7. The first-order valence-corrected chi connectivity index (χ1v) is 12.4. The van der Waals surface area contributed by atoms with E-state index in [1.54, 1.807) is 59.6 Å². The summed E-state index contributed by atoms with van der Waals surface area (Å²) in [6.45, 7) is 4.21. The number of nitrogens with zero attached hydrogens (tertiary/aromatic N) is 2. The highest BCUT2D eigenvalue weighted by atomic mass is 35.5. The Morgan fingerprint density at radius 2 is 1.60 bits per heavy atom. The second-order valence-electron chi connectivity index (χ2n) is 8.62. The summed E-state index contributed by atoms with van der Waals surface area (Å²) in [5, 5.41) is 5.91. The fourth-order valence-electron chi connectivity index (χ4n) is 3.98. The molecule has 3 aromatic rings. The lowest BCUT2D eigenvalue weighted by atomic mass is 10.1. The van der Waals surface area contributed by atoms with Gasteiger partial charge in [-0.2, -0.15) is 0 Å². The van der Waals surface area contributed by atoms with Gasteiger partial charge < -0.3 is 15.5 Å². The Bertz CT molecular complexity index is 1300. The van der Waals surface area contributed by atoms with Gasteiger partial charge in [0, 0.05) is 42.5 Å². The Hall–Kier alpha value is -3.43. The molecule has 1 aromatic carbocycles. The normalized spacial score (nSPS) is 17.4. The van der Waals surface area contributed by atoms with Gasteiger partial charge in [-0.1, -0.05) is 31.5 Å². The summed E-state index contributed by atoms with van der Waals surface area (Å²) in [6.07, 6.45) is 1.66. The lowest BCUT2D eigenvalue weighted by Crippen LogP contribution is -2.50. The third-order valence-electron chi connectivity index (χ3n) is 5.79. The summed E-state index contributed by atoms with van der Waals surface area (Å²) in [4.78, 5) is 52.5. The number of hydrogen-bond acceptors (Lipinski definition) is 5. The number of pyridine rings is 1. The second kappa shape index (κ2) is 10.5. The highest BCUT2D eigenvalue weighted by Crippen LogP contribution is 2.22. The van der Waals surface area contributed by atoms with Gasteiger partial charge in [0.05, 0.1) is 21.3 Å². The molecule has 0 unspecified atom stereocenters. The summed E-state index contributed by atoms with van der Waals surface area (Å²) in [5.74, 6) is -0.884. The molecule has 10 heteroatoms. The number of aromatic nitrogens is 1. The molecule has 1 saturated heterocycles. The van der Waals surface area contributed by atoms with Gasteiger partial charge in [0.25, 0.3) is 17.4 Å². The van der Waals surface area contributed by atoms with Crippen molar-refractivity contribution in [1.82, 2.24) is 20.1 Å². The minimum atomic E-state index is -0.471. The van der Waals surface area contributed by atoms with Gasteiger partial charge >= 0.3 is 0 Å². The number of likely N-dealkylation sites (tertiary alicyclic amines) is 1. The molecule has 1 aliphatic heterocycles. The number of amides is 3. The van der Waals surface area contributed by atoms with Gasteiger partial charge in [0.2, 0.25) is 5.91 Å². The van der Waals surface area contributed by atoms with Crippen molar-refractivity contribution < 1.29 is 14.4 Å². The number of rotatable bonds is 6. The number of benzene rings is 1. The third kappa shape index (κ3) is 5.63. The third-order valence-corrected chi connectivity index (χ3v) is 7.02. The Morgan fingerprint density at radius 3 is 2.17 bits per heavy atom. The predicted octanol–water partition coefficient (Wildman–Crippen LogP) is 2.95. The fraction of sp³-hybridized carbons (Fsp3) is 0.280. The Morgan fingerprint density at radius 1 is 0.943 bits per heavy atom. The average Bonchev–Trinajstić information content (AvgIpc) is 3.45. The lowest BCUT2D eigenvalue weighted by molar-refractivity contribution is -0.133. The largest absolute Gasteiger partial charge is 0.345 e. The van der Waals surface area contributed by atoms with E-state index in [0.29, 0.717) is 27.0 Å². The van der Waals surface area contributed by atoms with Crippen LogP contribution < -0.4 is 16.2 Å². The summed E-state index contributed by atoms with van der Waals surface area (Å²) in [7, 11) is 0. The van der Waals surface area contributed by atoms with Crippen LogP contribution in [-0.2, 0) is 4.79 Å². The molecule has 182 valence electrons. The molecular formula is C25H25ClN4O4S. The minimum Gasteiger partial charge on any atom is -0.345 e. The van der Waals surface area contributed by atoms with E-state index in [1.165, 1.54) is 10.6 Å². The molecule has 3 heterocycles. The Balaban J connectivity index is 1.49. The molecule has 0 radical (unpaired) electrons. The Kier molecular flexibility index (Phi) is 7.37. The van der Waals surface area contributed by atoms with E-state index >= 15 is 0 Å². The maximum atomic E-state index is 13.0. The molecule has 2 atom stereocenters. The van der Waals surface area contributed by atoms with Crippen LogP contribution in [-0.4, -0.2) is 52.4 Å². The van der Waals surface area contributed by atoms with Crippen molar-refractivity contribution in [3.8, 4) is 5.69 Å². The standard InChI is InChI=1S/C25H25ClN4O4S/c1-15(2)25(34)29-13-18(19(14-29)28-24(33)20-10-11-21(26)35-20)27-23(32)16-6-8-17(9-7-16)30-12-4-3-5-22(30)31/h3-12,15,18-19H,13-14H2,1-2H3,(H,27,32)(H,28,33)/t18-,19+/m0/s1. The number of thiophene rings is 1. The lowest BCUT2D eigenvalue weighted by Gasteiger charge is -2.20. The van der Waals surface area contributed by atoms with Crippen LogP contribution in [0.5, 0.6) is 0 Å². The van der Waals surface area contributed by atoms with Crippen LogP contribution >= 0.6 is 22.9 Å². The summed E-state index contributed by atoms with van der Waals surface area (Å²) < 4.78 is 1.99. The molecule has 1 aliphatic rings. The molecule has 8 nitrogen and oxygen atoms in total. The molecule has 2 N–H and O–H groups in total. The quantitative estimate of drug-likeness (QED) is 0.530. The molecule has 0 bridgehead atoms. The molecule has 2 aromatic heterocycles. The number of halogens is 1. The van der Waals surface area contributed by atoms with E-state index < -0.39 is 12.1 Å². The first-order chi connectivity index (χ1) is 16.7. The van der Waals surface area contributed by atoms with Crippen molar-refractivity contribution in [2.75, 3.05) is 13.1 Å². The molecule has 4 rings (SSSR count). The topological polar surface area (TPSA) is 101 Å². The number of carbonyl (C=O) groups excluding carboxylic acids is 3. The van der Waals surface area contributed by atoms with Gasteiger partial charge in [-0.25, -0.2) is 0 Å². The van der Waals surface area contributed by atoms with Gasteiger partial charge in [0.15, 0.2) is 0 Å². The second-order valence-corrected chi connectivity index (χ2v) is 10.3. The van der Waals surface area contributed by atoms with Crippen LogP contribution in [0.3, 0.4) is 0 Å². The Labute approximate surface area is 211 Å². The van der Waals surface area contributed by atoms with E-state index in [1.807, 2.05) is 13.8 Å². The van der Waals surface area contributed by atoms with E-state index in [4.69, 9.17) is 11.6 Å². The van der Waals surface area contributed by atoms with E-state index in [9.17, 15) is 19.2 Å². The van der Waals surface area contributed by atoms with Gasteiger partial charge in [-0.05, 0) is 42.5 Å². The molecular weight excluding hydrogens is 488 g/mol. The highest BCUT2D eigenvalue weighted by Gasteiger charge is 2.38. The van der Waals surface area contributed by atoms with Crippen LogP contribution in [0, 0.1) is 5.92 Å². The van der Waals surface area contributed by atoms with Crippen molar-refractivity contribution in [2.45, 2.75) is 25.9 Å². The van der Waals surface area contributed by atoms with Gasteiger partial charge in [0.1, 0.15) is 0 Å². The summed E-state index contributed by atoms with van der Waals surface area (Å²) in [6, 6.07) is 13.9. The van der Waals surface area contributed by atoms with Crippen molar-refractivity contribution in [2.24, 2.45) is 5.92 Å². The maximum Gasteiger partial charge on any atom is 0.261 e.